The van der Waals surface area contributed by atoms with E-state index < -0.39 is 17.6 Å². The van der Waals surface area contributed by atoms with Crippen LogP contribution in [-0.4, -0.2) is 39.5 Å². The van der Waals surface area contributed by atoms with Gasteiger partial charge >= 0.3 is 0 Å². The molecular weight excluding hydrogens is 354 g/mol. The minimum absolute atomic E-state index is 0.0203. The highest BCUT2D eigenvalue weighted by Crippen LogP contribution is 2.17. The zero-order valence-electron chi connectivity index (χ0n) is 15.9. The van der Waals surface area contributed by atoms with E-state index in [1.165, 1.54) is 11.1 Å². The molecule has 1 heterocycles. The molecule has 144 valence electrons. The molecule has 0 saturated heterocycles. The summed E-state index contributed by atoms with van der Waals surface area (Å²) in [6, 6.07) is 16.9. The first-order valence-corrected chi connectivity index (χ1v) is 9.10. The number of amides is 1. The van der Waals surface area contributed by atoms with Crippen molar-refractivity contribution in [3.05, 3.63) is 87.8 Å². The summed E-state index contributed by atoms with van der Waals surface area (Å²) < 4.78 is 0. The Morgan fingerprint density at radius 2 is 1.93 bits per heavy atom. The molecule has 6 nitrogen and oxygen atoms in total. The Morgan fingerprint density at radius 3 is 2.61 bits per heavy atom. The number of rotatable bonds is 6. The first-order chi connectivity index (χ1) is 13.5. The third-order valence-corrected chi connectivity index (χ3v) is 4.59. The minimum Gasteiger partial charge on any atom is -0.388 e. The van der Waals surface area contributed by atoms with Crippen LogP contribution >= 0.6 is 0 Å². The molecule has 0 aliphatic rings. The quantitative estimate of drug-likeness (QED) is 0.692. The van der Waals surface area contributed by atoms with Crippen molar-refractivity contribution in [2.45, 2.75) is 19.4 Å². The second-order valence-corrected chi connectivity index (χ2v) is 6.79. The number of nitrogens with zero attached hydrogens (tertiary/aromatic N) is 2. The SMILES string of the molecule is Cc1cccc(-c2ncc(C(=O)N(C)CC[C@H](O)c3ccccc3)c(=O)[nH]2)c1. The Balaban J connectivity index is 1.69. The first kappa shape index (κ1) is 19.5. The smallest absolute Gasteiger partial charge is 0.264 e. The fourth-order valence-corrected chi connectivity index (χ4v) is 2.95. The molecule has 0 radical (unpaired) electrons. The molecule has 2 N–H and O–H groups in total. The third-order valence-electron chi connectivity index (χ3n) is 4.59. The zero-order chi connectivity index (χ0) is 20.1. The minimum atomic E-state index is -0.670. The average Bonchev–Trinajstić information content (AvgIpc) is 2.71. The van der Waals surface area contributed by atoms with E-state index >= 15 is 0 Å². The predicted octanol–water partition coefficient (Wildman–Crippen LogP) is 2.94. The van der Waals surface area contributed by atoms with Gasteiger partial charge in [0.2, 0.25) is 0 Å². The van der Waals surface area contributed by atoms with Gasteiger partial charge in [-0.05, 0) is 25.0 Å². The summed E-state index contributed by atoms with van der Waals surface area (Å²) in [5.41, 5.74) is 2.14. The third kappa shape index (κ3) is 4.53. The van der Waals surface area contributed by atoms with Crippen LogP contribution in [0.5, 0.6) is 0 Å². The normalized spacial score (nSPS) is 11.8. The zero-order valence-corrected chi connectivity index (χ0v) is 15.9. The van der Waals surface area contributed by atoms with Crippen molar-refractivity contribution in [2.75, 3.05) is 13.6 Å². The van der Waals surface area contributed by atoms with E-state index in [4.69, 9.17) is 0 Å². The van der Waals surface area contributed by atoms with Crippen LogP contribution < -0.4 is 5.56 Å². The number of carbonyl (C=O) groups excluding carboxylic acids is 1. The molecule has 0 unspecified atom stereocenters. The molecule has 0 aliphatic heterocycles. The van der Waals surface area contributed by atoms with E-state index in [-0.39, 0.29) is 5.56 Å². The Kier molecular flexibility index (Phi) is 6.01. The largest absolute Gasteiger partial charge is 0.388 e. The Bertz CT molecular complexity index is 1010. The number of aryl methyl sites for hydroxylation is 1. The summed E-state index contributed by atoms with van der Waals surface area (Å²) in [7, 11) is 1.61. The van der Waals surface area contributed by atoms with Crippen LogP contribution in [0.4, 0.5) is 0 Å². The van der Waals surface area contributed by atoms with Crippen molar-refractivity contribution < 1.29 is 9.90 Å². The first-order valence-electron chi connectivity index (χ1n) is 9.10. The summed E-state index contributed by atoms with van der Waals surface area (Å²) in [6.07, 6.45) is 1.01. The molecule has 0 fully saturated rings. The highest BCUT2D eigenvalue weighted by atomic mass is 16.3. The van der Waals surface area contributed by atoms with Crippen molar-refractivity contribution in [3.63, 3.8) is 0 Å². The van der Waals surface area contributed by atoms with Gasteiger partial charge in [-0.2, -0.15) is 0 Å². The van der Waals surface area contributed by atoms with Gasteiger partial charge in [0.1, 0.15) is 11.4 Å². The second-order valence-electron chi connectivity index (χ2n) is 6.79. The number of nitrogens with one attached hydrogen (secondary N) is 1. The van der Waals surface area contributed by atoms with Gasteiger partial charge in [0, 0.05) is 25.4 Å². The molecule has 2 aromatic carbocycles. The van der Waals surface area contributed by atoms with Gasteiger partial charge in [-0.1, -0.05) is 54.1 Å². The van der Waals surface area contributed by atoms with E-state index in [2.05, 4.69) is 9.97 Å². The fraction of sp³-hybridized carbons (Fsp3) is 0.227. The fourth-order valence-electron chi connectivity index (χ4n) is 2.95. The molecule has 28 heavy (non-hydrogen) atoms. The summed E-state index contributed by atoms with van der Waals surface area (Å²) in [5.74, 6) is -0.00259. The number of aliphatic hydroxyl groups is 1. The molecule has 0 aliphatic carbocycles. The van der Waals surface area contributed by atoms with Crippen LogP contribution in [0, 0.1) is 6.92 Å². The number of carbonyl (C=O) groups is 1. The Morgan fingerprint density at radius 1 is 1.18 bits per heavy atom. The van der Waals surface area contributed by atoms with Crippen molar-refractivity contribution in [3.8, 4) is 11.4 Å². The van der Waals surface area contributed by atoms with Gasteiger partial charge < -0.3 is 15.0 Å². The highest BCUT2D eigenvalue weighted by Gasteiger charge is 2.18. The molecule has 0 spiro atoms. The molecule has 0 bridgehead atoms. The van der Waals surface area contributed by atoms with Crippen molar-refractivity contribution in [2.24, 2.45) is 0 Å². The average molecular weight is 377 g/mol. The van der Waals surface area contributed by atoms with Crippen molar-refractivity contribution in [1.29, 1.82) is 0 Å². The number of aromatic nitrogens is 2. The van der Waals surface area contributed by atoms with Gasteiger partial charge in [-0.25, -0.2) is 4.98 Å². The van der Waals surface area contributed by atoms with Gasteiger partial charge in [0.25, 0.3) is 11.5 Å². The van der Waals surface area contributed by atoms with E-state index in [0.717, 1.165) is 16.7 Å². The highest BCUT2D eigenvalue weighted by molar-refractivity contribution is 5.93. The number of hydrogen-bond acceptors (Lipinski definition) is 4. The number of aromatic amines is 1. The van der Waals surface area contributed by atoms with Crippen molar-refractivity contribution >= 4 is 5.91 Å². The van der Waals surface area contributed by atoms with Gasteiger partial charge in [0.05, 0.1) is 6.10 Å². The molecule has 0 saturated carbocycles. The van der Waals surface area contributed by atoms with Crippen LogP contribution in [0.2, 0.25) is 0 Å². The van der Waals surface area contributed by atoms with Crippen LogP contribution in [-0.2, 0) is 0 Å². The lowest BCUT2D eigenvalue weighted by atomic mass is 10.1. The molecule has 6 heteroatoms. The maximum absolute atomic E-state index is 12.6. The Hall–Kier alpha value is -3.25. The summed E-state index contributed by atoms with van der Waals surface area (Å²) in [5, 5.41) is 10.2. The number of H-pyrrole nitrogens is 1. The number of benzene rings is 2. The van der Waals surface area contributed by atoms with Crippen LogP contribution in [0.3, 0.4) is 0 Å². The summed E-state index contributed by atoms with van der Waals surface area (Å²) in [6.45, 7) is 2.27. The van der Waals surface area contributed by atoms with E-state index in [1.807, 2.05) is 61.5 Å². The number of hydrogen-bond donors (Lipinski definition) is 2. The predicted molar refractivity (Wildman–Crippen MR) is 108 cm³/mol. The standard InChI is InChI=1S/C22H23N3O3/c1-15-7-6-10-17(13-15)20-23-14-18(21(27)24-20)22(28)25(2)12-11-19(26)16-8-4-3-5-9-16/h3-10,13-14,19,26H,11-12H2,1-2H3,(H,23,24,27)/t19-/m0/s1. The van der Waals surface area contributed by atoms with Gasteiger partial charge in [-0.3, -0.25) is 9.59 Å². The van der Waals surface area contributed by atoms with Crippen LogP contribution in [0.15, 0.2) is 65.6 Å². The maximum atomic E-state index is 12.6. The monoisotopic (exact) mass is 377 g/mol. The Labute approximate surface area is 163 Å². The molecule has 1 aromatic heterocycles. The molecule has 3 aromatic rings. The van der Waals surface area contributed by atoms with Crippen LogP contribution in [0.1, 0.15) is 34.0 Å². The van der Waals surface area contributed by atoms with E-state index in [1.54, 1.807) is 7.05 Å². The molecule has 1 atom stereocenters. The molecule has 3 rings (SSSR count). The molecular formula is C22H23N3O3. The lowest BCUT2D eigenvalue weighted by Crippen LogP contribution is -2.33. The summed E-state index contributed by atoms with van der Waals surface area (Å²) >= 11 is 0. The lowest BCUT2D eigenvalue weighted by Gasteiger charge is -2.19. The van der Waals surface area contributed by atoms with Gasteiger partial charge in [-0.15, -0.1) is 0 Å². The second kappa shape index (κ2) is 8.63. The maximum Gasteiger partial charge on any atom is 0.264 e. The van der Waals surface area contributed by atoms with Gasteiger partial charge in [0.15, 0.2) is 0 Å². The van der Waals surface area contributed by atoms with Crippen molar-refractivity contribution in [1.82, 2.24) is 14.9 Å². The lowest BCUT2D eigenvalue weighted by molar-refractivity contribution is 0.0759. The number of aliphatic hydroxyl groups excluding tert-OH is 1. The van der Waals surface area contributed by atoms with E-state index in [9.17, 15) is 14.7 Å². The summed E-state index contributed by atoms with van der Waals surface area (Å²) in [4.78, 5) is 33.4. The topological polar surface area (TPSA) is 86.3 Å². The molecule has 1 amide bonds. The van der Waals surface area contributed by atoms with Crippen LogP contribution in [0.25, 0.3) is 11.4 Å². The van der Waals surface area contributed by atoms with E-state index in [0.29, 0.717) is 18.8 Å².